The molecule has 1 heterocycles. The number of hydrogen-bond donors (Lipinski definition) is 1. The average molecular weight is 471 g/mol. The van der Waals surface area contributed by atoms with Gasteiger partial charge in [-0.25, -0.2) is 17.2 Å². The van der Waals surface area contributed by atoms with Gasteiger partial charge in [0.15, 0.2) is 9.84 Å². The zero-order valence-corrected chi connectivity index (χ0v) is 17.7. The van der Waals surface area contributed by atoms with Crippen molar-refractivity contribution in [3.8, 4) is 11.3 Å². The molecular weight excluding hydrogens is 457 g/mol. The van der Waals surface area contributed by atoms with E-state index >= 15 is 0 Å². The van der Waals surface area contributed by atoms with Crippen LogP contribution < -0.4 is 5.32 Å². The summed E-state index contributed by atoms with van der Waals surface area (Å²) in [5.74, 6) is -0.581. The van der Waals surface area contributed by atoms with Gasteiger partial charge in [-0.1, -0.05) is 23.2 Å². The lowest BCUT2D eigenvalue weighted by molar-refractivity contribution is 0.102. The van der Waals surface area contributed by atoms with Crippen LogP contribution in [0.5, 0.6) is 0 Å². The van der Waals surface area contributed by atoms with Crippen molar-refractivity contribution < 1.29 is 22.0 Å². The maximum Gasteiger partial charge on any atom is 0.263 e. The van der Waals surface area contributed by atoms with Crippen molar-refractivity contribution in [3.63, 3.8) is 0 Å². The van der Waals surface area contributed by atoms with Gasteiger partial charge in [0, 0.05) is 29.3 Å². The molecule has 0 atom stereocenters. The molecule has 0 radical (unpaired) electrons. The number of amides is 1. The molecule has 3 rings (SSSR count). The number of hydrogen-bond acceptors (Lipinski definition) is 4. The summed E-state index contributed by atoms with van der Waals surface area (Å²) in [5.41, 5.74) is 0.772. The van der Waals surface area contributed by atoms with Crippen molar-refractivity contribution in [3.05, 3.63) is 75.9 Å². The van der Waals surface area contributed by atoms with E-state index in [0.29, 0.717) is 11.3 Å². The molecule has 1 amide bonds. The van der Waals surface area contributed by atoms with E-state index in [0.717, 1.165) is 6.26 Å². The quantitative estimate of drug-likeness (QED) is 0.522. The number of halogens is 4. The number of sulfone groups is 1. The highest BCUT2D eigenvalue weighted by Gasteiger charge is 2.16. The third-order valence-electron chi connectivity index (χ3n) is 4.15. The first-order chi connectivity index (χ1) is 14.1. The largest absolute Gasteiger partial charge is 0.322 e. The second kappa shape index (κ2) is 8.67. The Hall–Kier alpha value is -2.55. The minimum Gasteiger partial charge on any atom is -0.322 e. The van der Waals surface area contributed by atoms with Crippen molar-refractivity contribution in [1.29, 1.82) is 0 Å². The summed E-state index contributed by atoms with van der Waals surface area (Å²) in [6.45, 7) is 0. The van der Waals surface area contributed by atoms with Gasteiger partial charge in [0.25, 0.3) is 12.3 Å². The zero-order valence-electron chi connectivity index (χ0n) is 15.4. The van der Waals surface area contributed by atoms with Gasteiger partial charge in [0.1, 0.15) is 0 Å². The number of nitrogens with one attached hydrogen (secondary N) is 1. The number of benzene rings is 2. The number of aromatic nitrogens is 1. The summed E-state index contributed by atoms with van der Waals surface area (Å²) in [6.07, 6.45) is -0.378. The van der Waals surface area contributed by atoms with E-state index in [-0.39, 0.29) is 31.8 Å². The summed E-state index contributed by atoms with van der Waals surface area (Å²) < 4.78 is 49.2. The molecule has 0 aliphatic heterocycles. The Kier molecular flexibility index (Phi) is 6.40. The Morgan fingerprint density at radius 2 is 1.77 bits per heavy atom. The van der Waals surface area contributed by atoms with Crippen LogP contribution in [0, 0.1) is 0 Å². The third kappa shape index (κ3) is 4.95. The Labute approximate surface area is 181 Å². The summed E-state index contributed by atoms with van der Waals surface area (Å²) >= 11 is 12.3. The van der Waals surface area contributed by atoms with Gasteiger partial charge in [-0.05, 0) is 48.5 Å². The molecule has 0 saturated heterocycles. The fourth-order valence-corrected chi connectivity index (χ4v) is 3.83. The molecule has 3 aromatic rings. The predicted octanol–water partition coefficient (Wildman–Crippen LogP) is 5.65. The lowest BCUT2D eigenvalue weighted by Crippen LogP contribution is -2.13. The van der Waals surface area contributed by atoms with Gasteiger partial charge in [-0.2, -0.15) is 0 Å². The molecule has 2 aromatic carbocycles. The summed E-state index contributed by atoms with van der Waals surface area (Å²) in [5, 5.41) is 2.86. The smallest absolute Gasteiger partial charge is 0.263 e. The minimum atomic E-state index is -3.47. The van der Waals surface area contributed by atoms with Gasteiger partial charge >= 0.3 is 0 Å². The zero-order chi connectivity index (χ0) is 22.1. The third-order valence-corrected chi connectivity index (χ3v) is 5.90. The van der Waals surface area contributed by atoms with Crippen LogP contribution in [0.1, 0.15) is 22.3 Å². The van der Waals surface area contributed by atoms with Crippen LogP contribution in [0.2, 0.25) is 10.0 Å². The van der Waals surface area contributed by atoms with Crippen molar-refractivity contribution in [2.24, 2.45) is 0 Å². The average Bonchev–Trinajstić information content (AvgIpc) is 2.68. The molecule has 0 bridgehead atoms. The van der Waals surface area contributed by atoms with Crippen molar-refractivity contribution in [2.45, 2.75) is 11.3 Å². The standard InChI is InChI=1S/C20H14Cl2F2N2O3S/c1-30(28,29)13-3-4-14(17(22)10-13)20(27)26-12-2-5-16(21)15(9-12)18-8-11(19(23)24)6-7-25-18/h2-10,19H,1H3,(H,26,27). The molecule has 0 aliphatic rings. The van der Waals surface area contributed by atoms with Gasteiger partial charge in [-0.15, -0.1) is 0 Å². The number of alkyl halides is 2. The van der Waals surface area contributed by atoms with Crippen LogP contribution in [0.25, 0.3) is 11.3 Å². The van der Waals surface area contributed by atoms with Gasteiger partial charge in [-0.3, -0.25) is 9.78 Å². The van der Waals surface area contributed by atoms with E-state index in [1.165, 1.54) is 54.7 Å². The SMILES string of the molecule is CS(=O)(=O)c1ccc(C(=O)Nc2ccc(Cl)c(-c3cc(C(F)F)ccn3)c2)c(Cl)c1. The van der Waals surface area contributed by atoms with E-state index in [2.05, 4.69) is 10.3 Å². The fourth-order valence-electron chi connectivity index (χ4n) is 2.64. The number of rotatable bonds is 5. The molecule has 0 unspecified atom stereocenters. The normalized spacial score (nSPS) is 11.5. The van der Waals surface area contributed by atoms with Gasteiger partial charge < -0.3 is 5.32 Å². The maximum absolute atomic E-state index is 13.0. The van der Waals surface area contributed by atoms with Gasteiger partial charge in [0.05, 0.1) is 26.2 Å². The van der Waals surface area contributed by atoms with Crippen LogP contribution >= 0.6 is 23.2 Å². The van der Waals surface area contributed by atoms with Crippen LogP contribution in [0.15, 0.2) is 59.6 Å². The van der Waals surface area contributed by atoms with Crippen LogP contribution in [0.3, 0.4) is 0 Å². The molecule has 156 valence electrons. The molecule has 10 heteroatoms. The maximum atomic E-state index is 13.0. The lowest BCUT2D eigenvalue weighted by Gasteiger charge is -2.11. The molecular formula is C20H14Cl2F2N2O3S. The number of carbonyl (C=O) groups excluding carboxylic acids is 1. The Balaban J connectivity index is 1.91. The lowest BCUT2D eigenvalue weighted by atomic mass is 10.1. The number of pyridine rings is 1. The molecule has 1 aromatic heterocycles. The van der Waals surface area contributed by atoms with Crippen molar-refractivity contribution in [2.75, 3.05) is 11.6 Å². The molecule has 5 nitrogen and oxygen atoms in total. The van der Waals surface area contributed by atoms with Crippen LogP contribution in [0.4, 0.5) is 14.5 Å². The van der Waals surface area contributed by atoms with E-state index in [1.54, 1.807) is 0 Å². The number of anilines is 1. The Bertz CT molecular complexity index is 1230. The molecule has 30 heavy (non-hydrogen) atoms. The topological polar surface area (TPSA) is 76.1 Å². The van der Waals surface area contributed by atoms with Crippen molar-refractivity contribution in [1.82, 2.24) is 4.98 Å². The Morgan fingerprint density at radius 3 is 2.40 bits per heavy atom. The second-order valence-electron chi connectivity index (χ2n) is 6.34. The first kappa shape index (κ1) is 22.1. The highest BCUT2D eigenvalue weighted by atomic mass is 35.5. The van der Waals surface area contributed by atoms with E-state index in [9.17, 15) is 22.0 Å². The second-order valence-corrected chi connectivity index (χ2v) is 9.17. The van der Waals surface area contributed by atoms with E-state index < -0.39 is 22.2 Å². The highest BCUT2D eigenvalue weighted by Crippen LogP contribution is 2.32. The monoisotopic (exact) mass is 470 g/mol. The summed E-state index contributed by atoms with van der Waals surface area (Å²) in [7, 11) is -3.47. The Morgan fingerprint density at radius 1 is 1.03 bits per heavy atom. The van der Waals surface area contributed by atoms with E-state index in [4.69, 9.17) is 23.2 Å². The highest BCUT2D eigenvalue weighted by molar-refractivity contribution is 7.90. The molecule has 0 fully saturated rings. The fraction of sp³-hybridized carbons (Fsp3) is 0.100. The van der Waals surface area contributed by atoms with Gasteiger partial charge in [0.2, 0.25) is 0 Å². The molecule has 1 N–H and O–H groups in total. The predicted molar refractivity (Wildman–Crippen MR) is 112 cm³/mol. The minimum absolute atomic E-state index is 0.0113. The summed E-state index contributed by atoms with van der Waals surface area (Å²) in [6, 6.07) is 10.7. The van der Waals surface area contributed by atoms with Crippen molar-refractivity contribution >= 4 is 44.6 Å². The van der Waals surface area contributed by atoms with E-state index in [1.807, 2.05) is 0 Å². The number of nitrogens with zero attached hydrogens (tertiary/aromatic N) is 1. The molecule has 0 spiro atoms. The summed E-state index contributed by atoms with van der Waals surface area (Å²) in [4.78, 5) is 16.6. The number of carbonyl (C=O) groups is 1. The van der Waals surface area contributed by atoms with Crippen LogP contribution in [-0.4, -0.2) is 25.6 Å². The molecule has 0 aliphatic carbocycles. The first-order valence-corrected chi connectivity index (χ1v) is 11.1. The molecule has 0 saturated carbocycles. The van der Waals surface area contributed by atoms with Crippen LogP contribution in [-0.2, 0) is 9.84 Å². The first-order valence-electron chi connectivity index (χ1n) is 8.41.